The third-order valence-electron chi connectivity index (χ3n) is 7.52. The van der Waals surface area contributed by atoms with Gasteiger partial charge in [-0.1, -0.05) is 42.1 Å². The molecule has 234 valence electrons. The van der Waals surface area contributed by atoms with Gasteiger partial charge in [-0.2, -0.15) is 5.10 Å². The van der Waals surface area contributed by atoms with Crippen molar-refractivity contribution in [3.63, 3.8) is 0 Å². The number of ether oxygens (including phenoxy) is 2. The average molecular weight is 653 g/mol. The van der Waals surface area contributed by atoms with Gasteiger partial charge >= 0.3 is 0 Å². The number of hydrazone groups is 1. The molecule has 5 aromatic rings. The maximum atomic E-state index is 13.8. The fourth-order valence-electron chi connectivity index (χ4n) is 5.15. The Morgan fingerprint density at radius 3 is 2.37 bits per heavy atom. The van der Waals surface area contributed by atoms with Crippen LogP contribution in [-0.4, -0.2) is 57.3 Å². The first-order valence-electron chi connectivity index (χ1n) is 14.6. The SMILES string of the molecule is COc1ccc(C(=O)NCc2nnc(SCC(=O)N3N=C(c4cccs4)C[C@@H]3c3ccc(OC)cc3)n2-c2cccc(C)c2)cc1. The highest BCUT2D eigenvalue weighted by molar-refractivity contribution is 7.99. The van der Waals surface area contributed by atoms with Gasteiger partial charge in [0.2, 0.25) is 0 Å². The van der Waals surface area contributed by atoms with Crippen LogP contribution in [0.4, 0.5) is 0 Å². The van der Waals surface area contributed by atoms with Crippen molar-refractivity contribution in [1.29, 1.82) is 0 Å². The Hall–Kier alpha value is -4.94. The lowest BCUT2D eigenvalue weighted by Gasteiger charge is -2.22. The second kappa shape index (κ2) is 14.0. The van der Waals surface area contributed by atoms with Gasteiger partial charge in [-0.05, 0) is 78.0 Å². The summed E-state index contributed by atoms with van der Waals surface area (Å²) >= 11 is 2.89. The first-order valence-corrected chi connectivity index (χ1v) is 16.4. The minimum atomic E-state index is -0.246. The van der Waals surface area contributed by atoms with E-state index >= 15 is 0 Å². The summed E-state index contributed by atoms with van der Waals surface area (Å²) in [6.45, 7) is 2.14. The van der Waals surface area contributed by atoms with Crippen molar-refractivity contribution in [2.45, 2.75) is 31.1 Å². The molecule has 1 aliphatic rings. The molecule has 0 spiro atoms. The van der Waals surface area contributed by atoms with Gasteiger partial charge < -0.3 is 14.8 Å². The summed E-state index contributed by atoms with van der Waals surface area (Å²) in [6.07, 6.45) is 0.612. The van der Waals surface area contributed by atoms with Crippen molar-refractivity contribution in [2.24, 2.45) is 5.10 Å². The largest absolute Gasteiger partial charge is 0.497 e. The van der Waals surface area contributed by atoms with Gasteiger partial charge in [0, 0.05) is 17.7 Å². The van der Waals surface area contributed by atoms with Crippen LogP contribution in [0.3, 0.4) is 0 Å². The van der Waals surface area contributed by atoms with Gasteiger partial charge in [0.15, 0.2) is 11.0 Å². The van der Waals surface area contributed by atoms with Crippen LogP contribution in [0.15, 0.2) is 101 Å². The Kier molecular flexibility index (Phi) is 9.46. The smallest absolute Gasteiger partial charge is 0.253 e. The molecule has 0 fully saturated rings. The Bertz CT molecular complexity index is 1850. The van der Waals surface area contributed by atoms with E-state index in [1.54, 1.807) is 54.8 Å². The van der Waals surface area contributed by atoms with Crippen molar-refractivity contribution in [3.05, 3.63) is 118 Å². The second-order valence-electron chi connectivity index (χ2n) is 10.5. The number of nitrogens with one attached hydrogen (secondary N) is 1. The zero-order valence-electron chi connectivity index (χ0n) is 25.5. The molecule has 1 N–H and O–H groups in total. The van der Waals surface area contributed by atoms with E-state index in [4.69, 9.17) is 14.6 Å². The molecule has 0 saturated carbocycles. The first kappa shape index (κ1) is 31.1. The van der Waals surface area contributed by atoms with Gasteiger partial charge in [-0.25, -0.2) is 5.01 Å². The van der Waals surface area contributed by atoms with Crippen LogP contribution < -0.4 is 14.8 Å². The topological polar surface area (TPSA) is 111 Å². The van der Waals surface area contributed by atoms with Gasteiger partial charge in [-0.3, -0.25) is 14.2 Å². The second-order valence-corrected chi connectivity index (χ2v) is 12.4. The molecule has 2 aromatic heterocycles. The lowest BCUT2D eigenvalue weighted by Crippen LogP contribution is -2.28. The summed E-state index contributed by atoms with van der Waals surface area (Å²) in [5.74, 6) is 1.66. The predicted molar refractivity (Wildman–Crippen MR) is 179 cm³/mol. The van der Waals surface area contributed by atoms with Gasteiger partial charge in [0.1, 0.15) is 11.5 Å². The van der Waals surface area contributed by atoms with Crippen molar-refractivity contribution >= 4 is 40.6 Å². The van der Waals surface area contributed by atoms with Crippen LogP contribution in [0.5, 0.6) is 11.5 Å². The van der Waals surface area contributed by atoms with Crippen LogP contribution in [0.1, 0.15) is 44.6 Å². The summed E-state index contributed by atoms with van der Waals surface area (Å²) in [5, 5.41) is 20.7. The molecule has 0 aliphatic carbocycles. The maximum absolute atomic E-state index is 13.8. The Labute approximate surface area is 275 Å². The van der Waals surface area contributed by atoms with Gasteiger partial charge in [0.05, 0.1) is 43.1 Å². The first-order chi connectivity index (χ1) is 22.4. The molecule has 1 aliphatic heterocycles. The van der Waals surface area contributed by atoms with Crippen molar-refractivity contribution < 1.29 is 19.1 Å². The molecule has 46 heavy (non-hydrogen) atoms. The Morgan fingerprint density at radius 2 is 1.70 bits per heavy atom. The van der Waals surface area contributed by atoms with Gasteiger partial charge in [0.25, 0.3) is 11.8 Å². The number of thiophene rings is 1. The van der Waals surface area contributed by atoms with Crippen LogP contribution in [0, 0.1) is 6.92 Å². The van der Waals surface area contributed by atoms with Crippen LogP contribution in [-0.2, 0) is 11.3 Å². The molecule has 0 saturated heterocycles. The van der Waals surface area contributed by atoms with Crippen molar-refractivity contribution in [1.82, 2.24) is 25.1 Å². The van der Waals surface area contributed by atoms with Crippen LogP contribution in [0.2, 0.25) is 0 Å². The van der Waals surface area contributed by atoms with E-state index in [-0.39, 0.29) is 30.2 Å². The highest BCUT2D eigenvalue weighted by Crippen LogP contribution is 2.35. The standard InChI is InChI=1S/C34H32N6O4S2/c1-22-6-4-7-25(18-22)39-31(20-35-33(42)24-11-15-27(44-3)16-12-24)36-37-34(39)46-21-32(41)40-29(23-9-13-26(43-2)14-10-23)19-28(38-40)30-8-5-17-45-30/h4-18,29H,19-21H2,1-3H3,(H,35,42)/t29-/m1/s1. The number of hydrogen-bond donors (Lipinski definition) is 1. The van der Waals surface area contributed by atoms with E-state index in [0.29, 0.717) is 28.7 Å². The molecule has 0 bridgehead atoms. The van der Waals surface area contributed by atoms with Crippen LogP contribution in [0.25, 0.3) is 5.69 Å². The number of thioether (sulfide) groups is 1. The van der Waals surface area contributed by atoms with E-state index < -0.39 is 0 Å². The normalized spacial score (nSPS) is 14.2. The highest BCUT2D eigenvalue weighted by Gasteiger charge is 2.33. The predicted octanol–water partition coefficient (Wildman–Crippen LogP) is 6.05. The Balaban J connectivity index is 1.22. The van der Waals surface area contributed by atoms with E-state index in [9.17, 15) is 9.59 Å². The molecule has 1 atom stereocenters. The number of rotatable bonds is 11. The molecule has 2 amide bonds. The molecule has 3 heterocycles. The minimum Gasteiger partial charge on any atom is -0.497 e. The van der Waals surface area contributed by atoms with E-state index in [1.807, 2.05) is 77.5 Å². The number of methoxy groups -OCH3 is 2. The number of aryl methyl sites for hydroxylation is 1. The van der Waals surface area contributed by atoms with E-state index in [2.05, 4.69) is 15.5 Å². The number of amides is 2. The number of carbonyl (C=O) groups is 2. The quantitative estimate of drug-likeness (QED) is 0.173. The fourth-order valence-corrected chi connectivity index (χ4v) is 6.69. The zero-order valence-corrected chi connectivity index (χ0v) is 27.2. The highest BCUT2D eigenvalue weighted by atomic mass is 32.2. The fraction of sp³-hybridized carbons (Fsp3) is 0.206. The van der Waals surface area contributed by atoms with Gasteiger partial charge in [-0.15, -0.1) is 21.5 Å². The number of carbonyl (C=O) groups excluding carboxylic acids is 2. The van der Waals surface area contributed by atoms with E-state index in [0.717, 1.165) is 33.2 Å². The number of nitrogens with zero attached hydrogens (tertiary/aromatic N) is 5. The molecule has 3 aromatic carbocycles. The summed E-state index contributed by atoms with van der Waals surface area (Å²) in [6, 6.07) is 26.3. The maximum Gasteiger partial charge on any atom is 0.253 e. The monoisotopic (exact) mass is 652 g/mol. The molecule has 0 unspecified atom stereocenters. The third-order valence-corrected chi connectivity index (χ3v) is 9.35. The minimum absolute atomic E-state index is 0.0933. The molecular formula is C34H32N6O4S2. The molecule has 12 heteroatoms. The third kappa shape index (κ3) is 6.82. The molecule has 10 nitrogen and oxygen atoms in total. The summed E-state index contributed by atoms with van der Waals surface area (Å²) < 4.78 is 12.4. The van der Waals surface area contributed by atoms with Crippen molar-refractivity contribution in [2.75, 3.05) is 20.0 Å². The van der Waals surface area contributed by atoms with Crippen LogP contribution >= 0.6 is 23.1 Å². The summed E-state index contributed by atoms with van der Waals surface area (Å²) in [5.41, 5.74) is 4.26. The number of aromatic nitrogens is 3. The molecular weight excluding hydrogens is 621 g/mol. The zero-order chi connectivity index (χ0) is 32.0. The number of hydrogen-bond acceptors (Lipinski definition) is 9. The number of benzene rings is 3. The summed E-state index contributed by atoms with van der Waals surface area (Å²) in [4.78, 5) is 27.8. The molecule has 0 radical (unpaired) electrons. The van der Waals surface area contributed by atoms with Crippen molar-refractivity contribution in [3.8, 4) is 17.2 Å². The Morgan fingerprint density at radius 1 is 0.957 bits per heavy atom. The average Bonchev–Trinajstić information content (AvgIpc) is 3.86. The van der Waals surface area contributed by atoms with E-state index in [1.165, 1.54) is 11.8 Å². The molecule has 6 rings (SSSR count). The summed E-state index contributed by atoms with van der Waals surface area (Å²) in [7, 11) is 3.21. The lowest BCUT2D eigenvalue weighted by atomic mass is 10.0. The lowest BCUT2D eigenvalue weighted by molar-refractivity contribution is -0.130.